The lowest BCUT2D eigenvalue weighted by atomic mass is 10.0. The molecule has 1 aliphatic heterocycles. The highest BCUT2D eigenvalue weighted by atomic mass is 35.5. The normalized spacial score (nSPS) is 18.0. The van der Waals surface area contributed by atoms with Gasteiger partial charge in [0.15, 0.2) is 10.2 Å². The highest BCUT2D eigenvalue weighted by molar-refractivity contribution is 7.99. The van der Waals surface area contributed by atoms with E-state index in [2.05, 4.69) is 10.3 Å². The Morgan fingerprint density at radius 3 is 2.50 bits per heavy atom. The van der Waals surface area contributed by atoms with Crippen LogP contribution in [0, 0.1) is 0 Å². The number of rotatable bonds is 5. The summed E-state index contributed by atoms with van der Waals surface area (Å²) in [7, 11) is 0. The molecule has 3 heterocycles. The summed E-state index contributed by atoms with van der Waals surface area (Å²) in [6.45, 7) is 0. The Morgan fingerprint density at radius 1 is 1.00 bits per heavy atom. The highest BCUT2D eigenvalue weighted by Crippen LogP contribution is 2.43. The van der Waals surface area contributed by atoms with Crippen molar-refractivity contribution in [1.29, 1.82) is 0 Å². The summed E-state index contributed by atoms with van der Waals surface area (Å²) in [5.41, 5.74) is 1.72. The molecule has 4 aromatic rings. The van der Waals surface area contributed by atoms with E-state index in [0.29, 0.717) is 10.1 Å². The number of nitrogens with one attached hydrogen (secondary N) is 1. The smallest absolute Gasteiger partial charge is 0.174 e. The quantitative estimate of drug-likeness (QED) is 0.323. The second kappa shape index (κ2) is 8.86. The number of aromatic nitrogens is 1. The van der Waals surface area contributed by atoms with E-state index in [4.69, 9.17) is 28.2 Å². The maximum atomic E-state index is 9.73. The molecule has 0 spiro atoms. The zero-order chi connectivity index (χ0) is 22.1. The molecular formula is C24H18ClN3O2S2. The first-order valence-corrected chi connectivity index (χ1v) is 11.5. The van der Waals surface area contributed by atoms with Crippen LogP contribution in [0.1, 0.15) is 23.5 Å². The Balaban J connectivity index is 1.52. The molecule has 0 bridgehead atoms. The second-order valence-corrected chi connectivity index (χ2v) is 9.13. The number of phenols is 1. The molecule has 32 heavy (non-hydrogen) atoms. The fraction of sp³-hybridized carbons (Fsp3) is 0.0833. The van der Waals surface area contributed by atoms with Crippen molar-refractivity contribution in [2.75, 3.05) is 4.90 Å². The van der Waals surface area contributed by atoms with E-state index in [1.54, 1.807) is 18.3 Å². The number of pyridine rings is 1. The van der Waals surface area contributed by atoms with E-state index in [9.17, 15) is 5.11 Å². The zero-order valence-corrected chi connectivity index (χ0v) is 19.1. The van der Waals surface area contributed by atoms with Crippen molar-refractivity contribution in [2.45, 2.75) is 22.1 Å². The van der Waals surface area contributed by atoms with Crippen molar-refractivity contribution in [2.24, 2.45) is 0 Å². The third kappa shape index (κ3) is 4.19. The van der Waals surface area contributed by atoms with Crippen molar-refractivity contribution in [3.63, 3.8) is 0 Å². The van der Waals surface area contributed by atoms with Gasteiger partial charge in [-0.3, -0.25) is 4.98 Å². The number of hydrogen-bond donors (Lipinski definition) is 2. The van der Waals surface area contributed by atoms with Crippen LogP contribution in [0.3, 0.4) is 0 Å². The van der Waals surface area contributed by atoms with Crippen LogP contribution in [0.2, 0.25) is 5.02 Å². The number of thiocarbonyl (C=S) groups is 1. The van der Waals surface area contributed by atoms with Gasteiger partial charge in [-0.1, -0.05) is 29.4 Å². The lowest BCUT2D eigenvalue weighted by molar-refractivity contribution is 0.383. The molecule has 0 saturated carbocycles. The molecule has 0 amide bonds. The molecule has 2 N–H and O–H groups in total. The number of aromatic hydroxyl groups is 1. The number of halogens is 1. The maximum absolute atomic E-state index is 9.73. The van der Waals surface area contributed by atoms with Crippen LogP contribution in [-0.2, 0) is 0 Å². The van der Waals surface area contributed by atoms with Gasteiger partial charge in [0.2, 0.25) is 0 Å². The minimum absolute atomic E-state index is 0.197. The third-order valence-corrected chi connectivity index (χ3v) is 6.65. The van der Waals surface area contributed by atoms with Gasteiger partial charge in [-0.25, -0.2) is 0 Å². The average Bonchev–Trinajstić information content (AvgIpc) is 3.40. The lowest BCUT2D eigenvalue weighted by Crippen LogP contribution is -2.29. The molecule has 8 heteroatoms. The Labute approximate surface area is 200 Å². The van der Waals surface area contributed by atoms with Crippen LogP contribution < -0.4 is 10.2 Å². The zero-order valence-electron chi connectivity index (χ0n) is 16.7. The topological polar surface area (TPSA) is 61.5 Å². The van der Waals surface area contributed by atoms with E-state index in [0.717, 1.165) is 27.1 Å². The molecule has 0 aliphatic carbocycles. The van der Waals surface area contributed by atoms with Gasteiger partial charge in [0.05, 0.1) is 11.7 Å². The molecule has 5 nitrogen and oxygen atoms in total. The van der Waals surface area contributed by atoms with Gasteiger partial charge in [-0.15, -0.1) is 0 Å². The summed E-state index contributed by atoms with van der Waals surface area (Å²) in [4.78, 5) is 7.59. The van der Waals surface area contributed by atoms with Crippen LogP contribution >= 0.6 is 35.6 Å². The summed E-state index contributed by atoms with van der Waals surface area (Å²) in [6, 6.07) is 23.9. The van der Waals surface area contributed by atoms with Crippen LogP contribution in [0.4, 0.5) is 5.69 Å². The number of benzene rings is 2. The van der Waals surface area contributed by atoms with Crippen LogP contribution in [-0.4, -0.2) is 15.2 Å². The number of nitrogens with zero attached hydrogens (tertiary/aromatic N) is 2. The molecule has 1 aliphatic rings. The molecule has 2 atom stereocenters. The van der Waals surface area contributed by atoms with Gasteiger partial charge in [0, 0.05) is 21.8 Å². The van der Waals surface area contributed by atoms with Gasteiger partial charge in [0.1, 0.15) is 17.6 Å². The Kier molecular flexibility index (Phi) is 5.78. The largest absolute Gasteiger partial charge is 0.508 e. The predicted octanol–water partition coefficient (Wildman–Crippen LogP) is 6.36. The molecule has 0 radical (unpaired) electrons. The number of hydrogen-bond acceptors (Lipinski definition) is 5. The van der Waals surface area contributed by atoms with E-state index in [-0.39, 0.29) is 17.8 Å². The molecule has 2 aromatic heterocycles. The second-order valence-electron chi connectivity index (χ2n) is 7.23. The van der Waals surface area contributed by atoms with Crippen molar-refractivity contribution < 1.29 is 9.52 Å². The molecule has 2 aromatic carbocycles. The Bertz CT molecular complexity index is 1230. The van der Waals surface area contributed by atoms with Crippen molar-refractivity contribution >= 4 is 46.4 Å². The van der Waals surface area contributed by atoms with E-state index in [1.807, 2.05) is 71.6 Å². The summed E-state index contributed by atoms with van der Waals surface area (Å²) in [5, 5.41) is 15.2. The molecule has 1 fully saturated rings. The van der Waals surface area contributed by atoms with Crippen molar-refractivity contribution in [1.82, 2.24) is 10.3 Å². The Morgan fingerprint density at radius 2 is 1.78 bits per heavy atom. The SMILES string of the molecule is Oc1ccc(N2C(=S)NC(c3ccccn3)C2c2ccc(Sc3ccc(Cl)cc3)o2)cc1. The molecule has 1 saturated heterocycles. The number of anilines is 1. The standard InChI is InChI=1S/C24H18ClN3O2S2/c25-15-4-10-18(11-5-15)32-21-13-12-20(30-21)23-22(19-3-1-2-14-26-19)27-24(31)28(23)16-6-8-17(29)9-7-16/h1-14,22-23,29H,(H,27,31). The average molecular weight is 480 g/mol. The summed E-state index contributed by atoms with van der Waals surface area (Å²) in [6.07, 6.45) is 1.77. The van der Waals surface area contributed by atoms with Crippen molar-refractivity contribution in [3.8, 4) is 5.75 Å². The van der Waals surface area contributed by atoms with Gasteiger partial charge >= 0.3 is 0 Å². The molecular weight excluding hydrogens is 462 g/mol. The first-order chi connectivity index (χ1) is 15.6. The van der Waals surface area contributed by atoms with Gasteiger partial charge in [-0.05, 0) is 85.0 Å². The van der Waals surface area contributed by atoms with E-state index in [1.165, 1.54) is 11.8 Å². The molecule has 160 valence electrons. The minimum Gasteiger partial charge on any atom is -0.508 e. The summed E-state index contributed by atoms with van der Waals surface area (Å²) >= 11 is 13.2. The van der Waals surface area contributed by atoms with Gasteiger partial charge in [-0.2, -0.15) is 0 Å². The van der Waals surface area contributed by atoms with Crippen LogP contribution in [0.15, 0.2) is 99.5 Å². The third-order valence-electron chi connectivity index (χ3n) is 5.15. The minimum atomic E-state index is -0.249. The van der Waals surface area contributed by atoms with Gasteiger partial charge in [0.25, 0.3) is 0 Å². The fourth-order valence-electron chi connectivity index (χ4n) is 3.70. The number of furan rings is 1. The number of phenolic OH excluding ortho intramolecular Hbond substituents is 1. The first-order valence-electron chi connectivity index (χ1n) is 9.91. The van der Waals surface area contributed by atoms with E-state index >= 15 is 0 Å². The summed E-state index contributed by atoms with van der Waals surface area (Å²) in [5.74, 6) is 0.960. The van der Waals surface area contributed by atoms with Crippen molar-refractivity contribution in [3.05, 3.63) is 102 Å². The molecule has 5 rings (SSSR count). The predicted molar refractivity (Wildman–Crippen MR) is 130 cm³/mol. The first kappa shape index (κ1) is 20.9. The van der Waals surface area contributed by atoms with Gasteiger partial charge < -0.3 is 19.7 Å². The highest BCUT2D eigenvalue weighted by Gasteiger charge is 2.42. The monoisotopic (exact) mass is 479 g/mol. The maximum Gasteiger partial charge on any atom is 0.174 e. The van der Waals surface area contributed by atoms with E-state index < -0.39 is 0 Å². The Hall–Kier alpha value is -3.00. The summed E-state index contributed by atoms with van der Waals surface area (Å²) < 4.78 is 6.29. The van der Waals surface area contributed by atoms with Crippen LogP contribution in [0.25, 0.3) is 0 Å². The fourth-order valence-corrected chi connectivity index (χ4v) is 4.95. The molecule has 2 unspecified atom stereocenters. The van der Waals surface area contributed by atoms with Crippen LogP contribution in [0.5, 0.6) is 5.75 Å². The lowest BCUT2D eigenvalue weighted by Gasteiger charge is -2.26.